The van der Waals surface area contributed by atoms with Crippen LogP contribution in [-0.4, -0.2) is 9.61 Å². The molecule has 0 spiro atoms. The Balaban J connectivity index is 3.08. The molecule has 64 valence electrons. The van der Waals surface area contributed by atoms with Gasteiger partial charge in [-0.05, 0) is 28.1 Å². The van der Waals surface area contributed by atoms with Crippen molar-refractivity contribution < 1.29 is 0 Å². The molecule has 2 rings (SSSR count). The molecule has 0 amide bonds. The van der Waals surface area contributed by atoms with Crippen LogP contribution in [0.4, 0.5) is 0 Å². The summed E-state index contributed by atoms with van der Waals surface area (Å²) in [7, 11) is 0. The second kappa shape index (κ2) is 2.75. The van der Waals surface area contributed by atoms with Gasteiger partial charge in [0, 0.05) is 10.7 Å². The van der Waals surface area contributed by atoms with Crippen molar-refractivity contribution in [3.05, 3.63) is 38.7 Å². The molecule has 0 unspecified atom stereocenters. The largest absolute Gasteiger partial charge is 0.283 e. The number of nitriles is 1. The van der Waals surface area contributed by atoms with Crippen molar-refractivity contribution in [2.24, 2.45) is 0 Å². The van der Waals surface area contributed by atoms with Crippen LogP contribution in [0.15, 0.2) is 27.6 Å². The zero-order valence-corrected chi connectivity index (χ0v) is 8.00. The minimum Gasteiger partial charge on any atom is -0.266 e. The highest BCUT2D eigenvalue weighted by Gasteiger charge is 2.09. The quantitative estimate of drug-likeness (QED) is 0.750. The van der Waals surface area contributed by atoms with Crippen LogP contribution in [0.25, 0.3) is 5.52 Å². The molecule has 5 heteroatoms. The fourth-order valence-corrected chi connectivity index (χ4v) is 1.73. The third kappa shape index (κ3) is 1.07. The molecule has 0 saturated carbocycles. The van der Waals surface area contributed by atoms with Crippen LogP contribution in [0, 0.1) is 11.3 Å². The van der Waals surface area contributed by atoms with Crippen molar-refractivity contribution in [3.63, 3.8) is 0 Å². The lowest BCUT2D eigenvalue weighted by Crippen LogP contribution is -2.02. The third-order valence-electron chi connectivity index (χ3n) is 1.74. The Morgan fingerprint density at radius 2 is 2.38 bits per heavy atom. The summed E-state index contributed by atoms with van der Waals surface area (Å²) in [4.78, 5) is 11.2. The molecule has 0 atom stereocenters. The van der Waals surface area contributed by atoms with E-state index in [4.69, 9.17) is 5.26 Å². The average Bonchev–Trinajstić information content (AvgIpc) is 2.42. The molecule has 0 saturated heterocycles. The van der Waals surface area contributed by atoms with Crippen molar-refractivity contribution in [2.45, 2.75) is 0 Å². The number of H-pyrrole nitrogens is 1. The number of fused-ring (bicyclic) bond motifs is 1. The van der Waals surface area contributed by atoms with E-state index in [1.54, 1.807) is 18.3 Å². The number of hydrogen-bond acceptors (Lipinski definition) is 2. The van der Waals surface area contributed by atoms with Gasteiger partial charge in [0.2, 0.25) is 0 Å². The van der Waals surface area contributed by atoms with Gasteiger partial charge in [0.25, 0.3) is 5.56 Å². The summed E-state index contributed by atoms with van der Waals surface area (Å²) >= 11 is 3.27. The van der Waals surface area contributed by atoms with Gasteiger partial charge in [0.05, 0.1) is 0 Å². The van der Waals surface area contributed by atoms with Crippen LogP contribution in [0.2, 0.25) is 0 Å². The first-order valence-electron chi connectivity index (χ1n) is 3.53. The second-order valence-electron chi connectivity index (χ2n) is 2.50. The molecule has 4 nitrogen and oxygen atoms in total. The molecule has 0 aromatic carbocycles. The molecule has 0 aliphatic carbocycles. The van der Waals surface area contributed by atoms with E-state index in [0.29, 0.717) is 5.52 Å². The van der Waals surface area contributed by atoms with Crippen molar-refractivity contribution >= 4 is 21.4 Å². The summed E-state index contributed by atoms with van der Waals surface area (Å²) in [5, 5.41) is 11.3. The normalized spacial score (nSPS) is 10.2. The van der Waals surface area contributed by atoms with Crippen LogP contribution in [0.5, 0.6) is 0 Å². The molecular weight excluding hydrogens is 234 g/mol. The smallest absolute Gasteiger partial charge is 0.266 e. The first kappa shape index (κ1) is 8.08. The van der Waals surface area contributed by atoms with Crippen LogP contribution in [0.1, 0.15) is 5.56 Å². The lowest BCUT2D eigenvalue weighted by molar-refractivity contribution is 0.935. The van der Waals surface area contributed by atoms with E-state index in [1.807, 2.05) is 6.07 Å². The summed E-state index contributed by atoms with van der Waals surface area (Å²) in [5.74, 6) is 0. The molecular formula is C8H4BrN3O. The molecule has 0 aliphatic heterocycles. The maximum absolute atomic E-state index is 11.2. The van der Waals surface area contributed by atoms with E-state index in [-0.39, 0.29) is 11.1 Å². The van der Waals surface area contributed by atoms with Gasteiger partial charge >= 0.3 is 0 Å². The fourth-order valence-electron chi connectivity index (χ4n) is 1.19. The summed E-state index contributed by atoms with van der Waals surface area (Å²) in [5.41, 5.74) is 0.344. The highest BCUT2D eigenvalue weighted by atomic mass is 79.9. The number of hydrogen-bond donors (Lipinski definition) is 1. The number of halogens is 1. The van der Waals surface area contributed by atoms with Crippen molar-refractivity contribution in [2.75, 3.05) is 0 Å². The molecule has 0 fully saturated rings. The Kier molecular flexibility index (Phi) is 1.71. The Labute approximate surface area is 81.5 Å². The molecule has 13 heavy (non-hydrogen) atoms. The zero-order chi connectivity index (χ0) is 9.42. The molecule has 2 aromatic rings. The predicted molar refractivity (Wildman–Crippen MR) is 50.4 cm³/mol. The lowest BCUT2D eigenvalue weighted by Gasteiger charge is -1.94. The Morgan fingerprint density at radius 3 is 3.08 bits per heavy atom. The summed E-state index contributed by atoms with van der Waals surface area (Å²) in [6.45, 7) is 0. The average molecular weight is 238 g/mol. The number of aromatic amines is 1. The predicted octanol–water partition coefficient (Wildman–Crippen LogP) is 1.26. The van der Waals surface area contributed by atoms with Crippen LogP contribution in [0.3, 0.4) is 0 Å². The minimum atomic E-state index is -0.366. The van der Waals surface area contributed by atoms with Crippen molar-refractivity contribution in [3.8, 4) is 6.07 Å². The molecule has 1 N–H and O–H groups in total. The minimum absolute atomic E-state index is 0.132. The Hall–Kier alpha value is -1.54. The van der Waals surface area contributed by atoms with E-state index in [0.717, 1.165) is 4.47 Å². The van der Waals surface area contributed by atoms with Gasteiger partial charge in [-0.2, -0.15) is 5.26 Å². The number of pyridine rings is 1. The maximum Gasteiger partial charge on any atom is 0.283 e. The van der Waals surface area contributed by atoms with E-state index in [1.165, 1.54) is 4.52 Å². The topological polar surface area (TPSA) is 61.1 Å². The van der Waals surface area contributed by atoms with E-state index in [2.05, 4.69) is 21.0 Å². The van der Waals surface area contributed by atoms with Crippen LogP contribution >= 0.6 is 15.9 Å². The van der Waals surface area contributed by atoms with Crippen molar-refractivity contribution in [1.29, 1.82) is 5.26 Å². The molecule has 2 aromatic heterocycles. The fraction of sp³-hybridized carbons (Fsp3) is 0. The highest BCUT2D eigenvalue weighted by molar-refractivity contribution is 9.10. The standard InChI is InChI=1S/C8H4BrN3O/c9-6-2-1-3-12-7(6)5(4-10)8(13)11-12/h1-3H,(H,11,13). The summed E-state index contributed by atoms with van der Waals surface area (Å²) in [6.07, 6.45) is 1.68. The molecule has 0 radical (unpaired) electrons. The SMILES string of the molecule is N#Cc1c(=O)[nH]n2cccc(Br)c12. The van der Waals surface area contributed by atoms with Crippen molar-refractivity contribution in [1.82, 2.24) is 9.61 Å². The molecule has 0 aliphatic rings. The van der Waals surface area contributed by atoms with Gasteiger partial charge < -0.3 is 0 Å². The van der Waals surface area contributed by atoms with E-state index < -0.39 is 0 Å². The van der Waals surface area contributed by atoms with Gasteiger partial charge in [0.15, 0.2) is 0 Å². The molecule has 2 heterocycles. The monoisotopic (exact) mass is 237 g/mol. The number of rotatable bonds is 0. The Bertz CT molecular complexity index is 561. The summed E-state index contributed by atoms with van der Waals surface area (Å²) < 4.78 is 2.25. The number of aromatic nitrogens is 2. The van der Waals surface area contributed by atoms with Gasteiger partial charge in [-0.1, -0.05) is 0 Å². The highest BCUT2D eigenvalue weighted by Crippen LogP contribution is 2.18. The number of nitrogens with zero attached hydrogens (tertiary/aromatic N) is 2. The lowest BCUT2D eigenvalue weighted by atomic mass is 10.3. The van der Waals surface area contributed by atoms with Crippen LogP contribution in [-0.2, 0) is 0 Å². The maximum atomic E-state index is 11.2. The second-order valence-corrected chi connectivity index (χ2v) is 3.36. The first-order valence-corrected chi connectivity index (χ1v) is 4.32. The van der Waals surface area contributed by atoms with Gasteiger partial charge in [0.1, 0.15) is 17.1 Å². The molecule has 0 bridgehead atoms. The zero-order valence-electron chi connectivity index (χ0n) is 6.41. The number of nitrogens with one attached hydrogen (secondary N) is 1. The first-order chi connectivity index (χ1) is 6.24. The van der Waals surface area contributed by atoms with Gasteiger partial charge in [-0.3, -0.25) is 14.4 Å². The van der Waals surface area contributed by atoms with Crippen LogP contribution < -0.4 is 5.56 Å². The van der Waals surface area contributed by atoms with Gasteiger partial charge in [-0.25, -0.2) is 0 Å². The van der Waals surface area contributed by atoms with Gasteiger partial charge in [-0.15, -0.1) is 0 Å². The van der Waals surface area contributed by atoms with E-state index in [9.17, 15) is 4.79 Å². The third-order valence-corrected chi connectivity index (χ3v) is 2.38. The summed E-state index contributed by atoms with van der Waals surface area (Å²) in [6, 6.07) is 5.42. The van der Waals surface area contributed by atoms with E-state index >= 15 is 0 Å². The Morgan fingerprint density at radius 1 is 1.62 bits per heavy atom.